The van der Waals surface area contributed by atoms with Crippen LogP contribution in [-0.4, -0.2) is 13.1 Å². The summed E-state index contributed by atoms with van der Waals surface area (Å²) in [5.74, 6) is -1.35. The second-order valence-corrected chi connectivity index (χ2v) is 3.03. The normalized spacial score (nSPS) is 9.85. The van der Waals surface area contributed by atoms with Crippen LogP contribution in [0.2, 0.25) is 10.0 Å². The number of methoxy groups -OCH3 is 1. The van der Waals surface area contributed by atoms with Gasteiger partial charge in [0.15, 0.2) is 0 Å². The van der Waals surface area contributed by atoms with Crippen molar-refractivity contribution in [3.8, 4) is 0 Å². The van der Waals surface area contributed by atoms with Gasteiger partial charge in [-0.2, -0.15) is 0 Å². The van der Waals surface area contributed by atoms with Gasteiger partial charge in [0.05, 0.1) is 22.7 Å². The van der Waals surface area contributed by atoms with Crippen molar-refractivity contribution in [3.05, 3.63) is 33.6 Å². The van der Waals surface area contributed by atoms with Crippen LogP contribution in [0.4, 0.5) is 4.39 Å². The molecule has 0 aromatic heterocycles. The average molecular weight is 223 g/mol. The molecule has 1 rings (SSSR count). The largest absolute Gasteiger partial charge is 0.465 e. The predicted molar refractivity (Wildman–Crippen MR) is 47.8 cm³/mol. The summed E-state index contributed by atoms with van der Waals surface area (Å²) in [5, 5.41) is -0.0167. The lowest BCUT2D eigenvalue weighted by atomic mass is 10.2. The molecular formula is C8H5Cl2FO2. The fraction of sp³-hybridized carbons (Fsp3) is 0.125. The van der Waals surface area contributed by atoms with Crippen molar-refractivity contribution in [1.82, 2.24) is 0 Å². The Morgan fingerprint density at radius 3 is 2.62 bits per heavy atom. The first-order valence-corrected chi connectivity index (χ1v) is 4.04. The summed E-state index contributed by atoms with van der Waals surface area (Å²) < 4.78 is 17.1. The number of hydrogen-bond acceptors (Lipinski definition) is 2. The van der Waals surface area contributed by atoms with E-state index in [1.165, 1.54) is 7.11 Å². The Morgan fingerprint density at radius 1 is 1.46 bits per heavy atom. The summed E-state index contributed by atoms with van der Waals surface area (Å²) in [5.41, 5.74) is -0.0748. The van der Waals surface area contributed by atoms with E-state index in [9.17, 15) is 9.18 Å². The van der Waals surface area contributed by atoms with Crippen molar-refractivity contribution < 1.29 is 13.9 Å². The molecule has 5 heteroatoms. The van der Waals surface area contributed by atoms with Gasteiger partial charge >= 0.3 is 5.97 Å². The number of ether oxygens (including phenoxy) is 1. The van der Waals surface area contributed by atoms with E-state index in [1.807, 2.05) is 0 Å². The minimum Gasteiger partial charge on any atom is -0.465 e. The van der Waals surface area contributed by atoms with Gasteiger partial charge < -0.3 is 4.74 Å². The van der Waals surface area contributed by atoms with Gasteiger partial charge in [0.2, 0.25) is 0 Å². The molecule has 0 heterocycles. The fourth-order valence-corrected chi connectivity index (χ4v) is 1.21. The van der Waals surface area contributed by atoms with Crippen molar-refractivity contribution in [2.24, 2.45) is 0 Å². The molecule has 13 heavy (non-hydrogen) atoms. The molecule has 0 atom stereocenters. The third kappa shape index (κ3) is 2.11. The van der Waals surface area contributed by atoms with Crippen LogP contribution >= 0.6 is 23.2 Å². The molecule has 0 saturated heterocycles. The topological polar surface area (TPSA) is 26.3 Å². The highest BCUT2D eigenvalue weighted by Crippen LogP contribution is 2.27. The van der Waals surface area contributed by atoms with E-state index >= 15 is 0 Å². The highest BCUT2D eigenvalue weighted by molar-refractivity contribution is 6.43. The summed E-state index contributed by atoms with van der Waals surface area (Å²) >= 11 is 11.2. The summed E-state index contributed by atoms with van der Waals surface area (Å²) in [6.07, 6.45) is 0. The quantitative estimate of drug-likeness (QED) is 0.540. The fourth-order valence-electron chi connectivity index (χ4n) is 0.814. The molecule has 0 saturated carbocycles. The zero-order valence-corrected chi connectivity index (χ0v) is 8.12. The lowest BCUT2D eigenvalue weighted by Gasteiger charge is -2.03. The van der Waals surface area contributed by atoms with Crippen molar-refractivity contribution in [2.45, 2.75) is 0 Å². The molecule has 0 bridgehead atoms. The maximum atomic E-state index is 12.8. The number of esters is 1. The van der Waals surface area contributed by atoms with Crippen LogP contribution in [0.25, 0.3) is 0 Å². The molecular weight excluding hydrogens is 218 g/mol. The Labute approximate surface area is 84.2 Å². The van der Waals surface area contributed by atoms with Crippen LogP contribution in [0, 0.1) is 5.82 Å². The summed E-state index contributed by atoms with van der Waals surface area (Å²) in [7, 11) is 1.18. The molecule has 70 valence electrons. The van der Waals surface area contributed by atoms with Crippen LogP contribution in [0.15, 0.2) is 12.1 Å². The molecule has 0 radical (unpaired) electrons. The van der Waals surface area contributed by atoms with Crippen molar-refractivity contribution >= 4 is 29.2 Å². The second-order valence-electron chi connectivity index (χ2n) is 2.24. The van der Waals surface area contributed by atoms with E-state index in [-0.39, 0.29) is 15.6 Å². The van der Waals surface area contributed by atoms with Crippen molar-refractivity contribution in [2.75, 3.05) is 7.11 Å². The lowest BCUT2D eigenvalue weighted by molar-refractivity contribution is 0.0600. The van der Waals surface area contributed by atoms with Crippen LogP contribution in [0.3, 0.4) is 0 Å². The van der Waals surface area contributed by atoms with E-state index in [0.717, 1.165) is 12.1 Å². The van der Waals surface area contributed by atoms with E-state index in [0.29, 0.717) is 0 Å². The van der Waals surface area contributed by atoms with Gasteiger partial charge in [-0.25, -0.2) is 9.18 Å². The van der Waals surface area contributed by atoms with Gasteiger partial charge in [-0.15, -0.1) is 0 Å². The average Bonchev–Trinajstić information content (AvgIpc) is 2.10. The van der Waals surface area contributed by atoms with E-state index < -0.39 is 11.8 Å². The smallest absolute Gasteiger partial charge is 0.339 e. The van der Waals surface area contributed by atoms with Gasteiger partial charge in [-0.3, -0.25) is 0 Å². The zero-order valence-electron chi connectivity index (χ0n) is 6.61. The lowest BCUT2D eigenvalue weighted by Crippen LogP contribution is -2.02. The number of hydrogen-bond donors (Lipinski definition) is 0. The minimum absolute atomic E-state index is 0.00471. The molecule has 1 aromatic rings. The molecule has 0 amide bonds. The Bertz CT molecular complexity index is 352. The molecule has 0 N–H and O–H groups in total. The third-order valence-corrected chi connectivity index (χ3v) is 2.20. The monoisotopic (exact) mass is 222 g/mol. The molecule has 1 aromatic carbocycles. The van der Waals surface area contributed by atoms with Gasteiger partial charge in [-0.05, 0) is 12.1 Å². The zero-order chi connectivity index (χ0) is 10.0. The third-order valence-electron chi connectivity index (χ3n) is 1.40. The van der Waals surface area contributed by atoms with Crippen LogP contribution in [0.5, 0.6) is 0 Å². The Morgan fingerprint density at radius 2 is 2.08 bits per heavy atom. The van der Waals surface area contributed by atoms with Crippen LogP contribution < -0.4 is 0 Å². The summed E-state index contributed by atoms with van der Waals surface area (Å²) in [6.45, 7) is 0. The molecule has 0 spiro atoms. The Hall–Kier alpha value is -0.800. The molecule has 0 aliphatic heterocycles. The Balaban J connectivity index is 3.28. The van der Waals surface area contributed by atoms with Gasteiger partial charge in [0.25, 0.3) is 0 Å². The van der Waals surface area contributed by atoms with Crippen molar-refractivity contribution in [1.29, 1.82) is 0 Å². The van der Waals surface area contributed by atoms with Gasteiger partial charge in [-0.1, -0.05) is 23.2 Å². The van der Waals surface area contributed by atoms with Gasteiger partial charge in [0.1, 0.15) is 5.82 Å². The van der Waals surface area contributed by atoms with Crippen LogP contribution in [-0.2, 0) is 4.74 Å². The highest BCUT2D eigenvalue weighted by atomic mass is 35.5. The van der Waals surface area contributed by atoms with Gasteiger partial charge in [0, 0.05) is 0 Å². The van der Waals surface area contributed by atoms with E-state index in [1.54, 1.807) is 0 Å². The first kappa shape index (κ1) is 10.3. The number of carbonyl (C=O) groups is 1. The molecule has 0 fully saturated rings. The summed E-state index contributed by atoms with van der Waals surface area (Å²) in [6, 6.07) is 2.00. The Kier molecular flexibility index (Phi) is 3.12. The number of rotatable bonds is 1. The second kappa shape index (κ2) is 3.94. The summed E-state index contributed by atoms with van der Waals surface area (Å²) in [4.78, 5) is 11.0. The number of halogens is 3. The highest BCUT2D eigenvalue weighted by Gasteiger charge is 2.14. The maximum absolute atomic E-state index is 12.8. The standard InChI is InChI=1S/C8H5Cl2FO2/c1-13-8(12)5-2-4(11)3-6(9)7(5)10/h2-3H,1H3. The number of benzene rings is 1. The molecule has 0 aliphatic rings. The first-order chi connectivity index (χ1) is 6.06. The first-order valence-electron chi connectivity index (χ1n) is 3.29. The van der Waals surface area contributed by atoms with E-state index in [2.05, 4.69) is 4.74 Å². The van der Waals surface area contributed by atoms with Crippen LogP contribution in [0.1, 0.15) is 10.4 Å². The minimum atomic E-state index is -0.716. The van der Waals surface area contributed by atoms with E-state index in [4.69, 9.17) is 23.2 Å². The predicted octanol–water partition coefficient (Wildman–Crippen LogP) is 2.92. The maximum Gasteiger partial charge on any atom is 0.339 e. The molecule has 0 unspecified atom stereocenters. The number of carbonyl (C=O) groups excluding carboxylic acids is 1. The molecule has 2 nitrogen and oxygen atoms in total. The van der Waals surface area contributed by atoms with Crippen molar-refractivity contribution in [3.63, 3.8) is 0 Å². The SMILES string of the molecule is COC(=O)c1cc(F)cc(Cl)c1Cl. The molecule has 0 aliphatic carbocycles.